The third kappa shape index (κ3) is 2.33. The number of morpholine rings is 1. The van der Waals surface area contributed by atoms with Crippen molar-refractivity contribution in [3.63, 3.8) is 0 Å². The molecular formula is C17H25NO2. The number of phenols is 1. The summed E-state index contributed by atoms with van der Waals surface area (Å²) in [5, 5.41) is 9.78. The first kappa shape index (κ1) is 13.9. The average Bonchev–Trinajstić information content (AvgIpc) is 2.47. The molecule has 0 spiro atoms. The lowest BCUT2D eigenvalue weighted by atomic mass is 9.83. The van der Waals surface area contributed by atoms with Gasteiger partial charge in [-0.15, -0.1) is 0 Å². The van der Waals surface area contributed by atoms with E-state index in [2.05, 4.69) is 24.9 Å². The molecule has 3 nitrogen and oxygen atoms in total. The Hall–Kier alpha value is -1.06. The first-order valence-electron chi connectivity index (χ1n) is 7.82. The molecule has 1 N–H and O–H groups in total. The van der Waals surface area contributed by atoms with E-state index in [0.29, 0.717) is 17.9 Å². The van der Waals surface area contributed by atoms with Crippen LogP contribution in [0.2, 0.25) is 0 Å². The summed E-state index contributed by atoms with van der Waals surface area (Å²) < 4.78 is 6.59. The monoisotopic (exact) mass is 275 g/mol. The van der Waals surface area contributed by atoms with Crippen molar-refractivity contribution in [1.29, 1.82) is 0 Å². The standard InChI is InChI=1S/C17H25NO2/c1-3-17(13-7-6-8-14(19)11-13)12-18(2)15-9-4-5-10-16(15)20-17/h6-8,11,15-16,19H,3-5,9-10,12H2,1-2H3/t15-,16-,17-/m0/s1. The largest absolute Gasteiger partial charge is 0.508 e. The van der Waals surface area contributed by atoms with Crippen LogP contribution in [0, 0.1) is 0 Å². The quantitative estimate of drug-likeness (QED) is 0.899. The van der Waals surface area contributed by atoms with Crippen LogP contribution in [0.15, 0.2) is 24.3 Å². The van der Waals surface area contributed by atoms with Gasteiger partial charge in [-0.3, -0.25) is 4.90 Å². The maximum absolute atomic E-state index is 9.78. The Balaban J connectivity index is 1.93. The Kier molecular flexibility index (Phi) is 3.74. The molecule has 0 unspecified atom stereocenters. The van der Waals surface area contributed by atoms with E-state index in [-0.39, 0.29) is 5.60 Å². The minimum atomic E-state index is -0.272. The van der Waals surface area contributed by atoms with Crippen LogP contribution in [0.1, 0.15) is 44.6 Å². The van der Waals surface area contributed by atoms with Gasteiger partial charge in [-0.25, -0.2) is 0 Å². The van der Waals surface area contributed by atoms with Gasteiger partial charge in [-0.05, 0) is 44.0 Å². The van der Waals surface area contributed by atoms with Crippen molar-refractivity contribution in [2.75, 3.05) is 13.6 Å². The summed E-state index contributed by atoms with van der Waals surface area (Å²) in [5.74, 6) is 0.326. The zero-order valence-corrected chi connectivity index (χ0v) is 12.5. The molecule has 1 aliphatic carbocycles. The summed E-state index contributed by atoms with van der Waals surface area (Å²) in [5.41, 5.74) is 0.835. The Labute approximate surface area is 121 Å². The van der Waals surface area contributed by atoms with Crippen LogP contribution < -0.4 is 0 Å². The van der Waals surface area contributed by atoms with Crippen LogP contribution in [-0.4, -0.2) is 35.7 Å². The Bertz CT molecular complexity index is 476. The highest BCUT2D eigenvalue weighted by molar-refractivity contribution is 5.32. The van der Waals surface area contributed by atoms with Crippen molar-refractivity contribution in [1.82, 2.24) is 4.90 Å². The normalized spacial score (nSPS) is 34.7. The molecule has 3 rings (SSSR count). The fraction of sp³-hybridized carbons (Fsp3) is 0.647. The summed E-state index contributed by atoms with van der Waals surface area (Å²) in [6.07, 6.45) is 6.28. The number of likely N-dealkylation sites (N-methyl/N-ethyl adjacent to an activating group) is 1. The Morgan fingerprint density at radius 1 is 1.35 bits per heavy atom. The number of hydrogen-bond acceptors (Lipinski definition) is 3. The molecule has 1 saturated carbocycles. The van der Waals surface area contributed by atoms with Gasteiger partial charge in [0.1, 0.15) is 11.4 Å². The molecule has 2 aliphatic rings. The van der Waals surface area contributed by atoms with Crippen LogP contribution in [0.5, 0.6) is 5.75 Å². The van der Waals surface area contributed by atoms with Crippen molar-refractivity contribution in [3.05, 3.63) is 29.8 Å². The maximum atomic E-state index is 9.78. The fourth-order valence-corrected chi connectivity index (χ4v) is 3.91. The lowest BCUT2D eigenvalue weighted by Gasteiger charge is -2.51. The molecule has 0 aromatic heterocycles. The van der Waals surface area contributed by atoms with Gasteiger partial charge in [0.15, 0.2) is 0 Å². The second-order valence-corrected chi connectivity index (χ2v) is 6.32. The van der Waals surface area contributed by atoms with Gasteiger partial charge < -0.3 is 9.84 Å². The SMILES string of the molecule is CC[C@@]1(c2cccc(O)c2)CN(C)[C@H]2CCCC[C@@H]2O1. The van der Waals surface area contributed by atoms with E-state index in [9.17, 15) is 5.11 Å². The summed E-state index contributed by atoms with van der Waals surface area (Å²) in [6.45, 7) is 3.09. The molecule has 0 bridgehead atoms. The fourth-order valence-electron chi connectivity index (χ4n) is 3.91. The topological polar surface area (TPSA) is 32.7 Å². The average molecular weight is 275 g/mol. The smallest absolute Gasteiger partial charge is 0.115 e. The Morgan fingerprint density at radius 2 is 2.15 bits per heavy atom. The number of aromatic hydroxyl groups is 1. The zero-order valence-electron chi connectivity index (χ0n) is 12.5. The van der Waals surface area contributed by atoms with Crippen molar-refractivity contribution in [3.8, 4) is 5.75 Å². The van der Waals surface area contributed by atoms with E-state index < -0.39 is 0 Å². The molecule has 0 amide bonds. The third-order valence-electron chi connectivity index (χ3n) is 5.06. The molecule has 110 valence electrons. The van der Waals surface area contributed by atoms with Crippen LogP contribution >= 0.6 is 0 Å². The van der Waals surface area contributed by atoms with Crippen LogP contribution in [0.25, 0.3) is 0 Å². The number of benzene rings is 1. The molecule has 3 heteroatoms. The predicted octanol–water partition coefficient (Wildman–Crippen LogP) is 3.27. The van der Waals surface area contributed by atoms with Crippen LogP contribution in [-0.2, 0) is 10.3 Å². The number of ether oxygens (including phenoxy) is 1. The molecule has 3 atom stereocenters. The van der Waals surface area contributed by atoms with Gasteiger partial charge in [0, 0.05) is 12.6 Å². The van der Waals surface area contributed by atoms with Crippen LogP contribution in [0.3, 0.4) is 0 Å². The van der Waals surface area contributed by atoms with Crippen LogP contribution in [0.4, 0.5) is 0 Å². The van der Waals surface area contributed by atoms with E-state index in [1.807, 2.05) is 12.1 Å². The molecule has 20 heavy (non-hydrogen) atoms. The number of phenolic OH excluding ortho intramolecular Hbond substituents is 1. The Morgan fingerprint density at radius 3 is 2.90 bits per heavy atom. The van der Waals surface area contributed by atoms with E-state index in [1.54, 1.807) is 6.07 Å². The molecule has 1 aliphatic heterocycles. The zero-order chi connectivity index (χ0) is 14.2. The molecule has 2 fully saturated rings. The highest BCUT2D eigenvalue weighted by Crippen LogP contribution is 2.41. The second-order valence-electron chi connectivity index (χ2n) is 6.32. The molecule has 1 saturated heterocycles. The van der Waals surface area contributed by atoms with Gasteiger partial charge in [0.25, 0.3) is 0 Å². The first-order valence-corrected chi connectivity index (χ1v) is 7.82. The maximum Gasteiger partial charge on any atom is 0.115 e. The highest BCUT2D eigenvalue weighted by Gasteiger charge is 2.45. The number of nitrogens with zero attached hydrogens (tertiary/aromatic N) is 1. The number of hydrogen-bond donors (Lipinski definition) is 1. The number of rotatable bonds is 2. The van der Waals surface area contributed by atoms with Gasteiger partial charge in [-0.2, -0.15) is 0 Å². The molecule has 1 aromatic rings. The summed E-state index contributed by atoms with van der Waals surface area (Å²) >= 11 is 0. The molecule has 1 aromatic carbocycles. The molecule has 0 radical (unpaired) electrons. The summed E-state index contributed by atoms with van der Waals surface area (Å²) in [7, 11) is 2.22. The van der Waals surface area contributed by atoms with Gasteiger partial charge in [-0.1, -0.05) is 31.9 Å². The van der Waals surface area contributed by atoms with Crippen molar-refractivity contribution < 1.29 is 9.84 Å². The van der Waals surface area contributed by atoms with Crippen molar-refractivity contribution in [2.45, 2.75) is 56.8 Å². The predicted molar refractivity (Wildman–Crippen MR) is 79.8 cm³/mol. The highest BCUT2D eigenvalue weighted by atomic mass is 16.5. The number of fused-ring (bicyclic) bond motifs is 1. The first-order chi connectivity index (χ1) is 9.64. The van der Waals surface area contributed by atoms with Gasteiger partial charge in [0.05, 0.1) is 6.10 Å². The third-order valence-corrected chi connectivity index (χ3v) is 5.06. The van der Waals surface area contributed by atoms with E-state index in [4.69, 9.17) is 4.74 Å². The lowest BCUT2D eigenvalue weighted by molar-refractivity contribution is -0.192. The van der Waals surface area contributed by atoms with Gasteiger partial charge >= 0.3 is 0 Å². The van der Waals surface area contributed by atoms with E-state index >= 15 is 0 Å². The van der Waals surface area contributed by atoms with Crippen molar-refractivity contribution in [2.24, 2.45) is 0 Å². The van der Waals surface area contributed by atoms with Crippen molar-refractivity contribution >= 4 is 0 Å². The van der Waals surface area contributed by atoms with Gasteiger partial charge in [0.2, 0.25) is 0 Å². The second kappa shape index (κ2) is 5.38. The minimum absolute atomic E-state index is 0.272. The molecular weight excluding hydrogens is 250 g/mol. The van der Waals surface area contributed by atoms with E-state index in [1.165, 1.54) is 19.3 Å². The summed E-state index contributed by atoms with van der Waals surface area (Å²) in [6, 6.07) is 8.16. The minimum Gasteiger partial charge on any atom is -0.508 e. The molecule has 1 heterocycles. The van der Waals surface area contributed by atoms with E-state index in [0.717, 1.165) is 24.9 Å². The lowest BCUT2D eigenvalue weighted by Crippen LogP contribution is -2.58. The summed E-state index contributed by atoms with van der Waals surface area (Å²) in [4.78, 5) is 2.47.